The number of aryl methyl sites for hydroxylation is 2. The van der Waals surface area contributed by atoms with Crippen molar-refractivity contribution >= 4 is 34.9 Å². The maximum atomic E-state index is 12.6. The highest BCUT2D eigenvalue weighted by Crippen LogP contribution is 2.18. The van der Waals surface area contributed by atoms with Crippen LogP contribution in [0.15, 0.2) is 63.2 Å². The Balaban J connectivity index is 1.79. The van der Waals surface area contributed by atoms with Crippen molar-refractivity contribution < 1.29 is 0 Å². The Kier molecular flexibility index (Phi) is 5.24. The van der Waals surface area contributed by atoms with E-state index in [4.69, 9.17) is 11.6 Å². The molecule has 2 aromatic carbocycles. The zero-order chi connectivity index (χ0) is 21.3. The van der Waals surface area contributed by atoms with E-state index in [9.17, 15) is 9.59 Å². The molecule has 2 heterocycles. The monoisotopic (exact) mass is 422 g/mol. The van der Waals surface area contributed by atoms with Gasteiger partial charge in [0.15, 0.2) is 11.2 Å². The van der Waals surface area contributed by atoms with E-state index < -0.39 is 11.2 Å². The molecule has 2 aromatic heterocycles. The summed E-state index contributed by atoms with van der Waals surface area (Å²) in [6, 6.07) is 15.2. The van der Waals surface area contributed by atoms with Gasteiger partial charge in [0.2, 0.25) is 5.95 Å². The number of benzene rings is 2. The Morgan fingerprint density at radius 1 is 1.17 bits per heavy atom. The number of H-pyrrole nitrogens is 1. The van der Waals surface area contributed by atoms with Gasteiger partial charge in [-0.2, -0.15) is 10.1 Å². The van der Waals surface area contributed by atoms with Crippen LogP contribution in [-0.2, 0) is 13.6 Å². The third kappa shape index (κ3) is 3.77. The Bertz CT molecular complexity index is 1370. The van der Waals surface area contributed by atoms with Gasteiger partial charge in [-0.25, -0.2) is 10.2 Å². The summed E-state index contributed by atoms with van der Waals surface area (Å²) in [4.78, 5) is 31.3. The molecule has 0 unspecified atom stereocenters. The first-order valence-corrected chi connectivity index (χ1v) is 9.60. The lowest BCUT2D eigenvalue weighted by Crippen LogP contribution is -2.29. The van der Waals surface area contributed by atoms with E-state index >= 15 is 0 Å². The SMILES string of the molecule is Cc1ccc(Cn2c(N/N=C\c3ccccc3Cl)nc3c2c(=O)[nH]c(=O)n3C)cc1. The Morgan fingerprint density at radius 2 is 1.90 bits per heavy atom. The molecule has 0 aliphatic carbocycles. The number of nitrogens with one attached hydrogen (secondary N) is 2. The molecule has 8 nitrogen and oxygen atoms in total. The fourth-order valence-corrected chi connectivity index (χ4v) is 3.27. The minimum absolute atomic E-state index is 0.270. The van der Waals surface area contributed by atoms with Crippen molar-refractivity contribution in [3.8, 4) is 0 Å². The van der Waals surface area contributed by atoms with Gasteiger partial charge >= 0.3 is 5.69 Å². The molecule has 2 N–H and O–H groups in total. The van der Waals surface area contributed by atoms with Crippen LogP contribution in [0.1, 0.15) is 16.7 Å². The second kappa shape index (κ2) is 8.00. The van der Waals surface area contributed by atoms with E-state index in [0.29, 0.717) is 17.5 Å². The molecule has 0 saturated heterocycles. The van der Waals surface area contributed by atoms with E-state index in [0.717, 1.165) is 16.7 Å². The summed E-state index contributed by atoms with van der Waals surface area (Å²) in [7, 11) is 1.56. The maximum absolute atomic E-state index is 12.6. The van der Waals surface area contributed by atoms with Gasteiger partial charge in [0.05, 0.1) is 12.8 Å². The van der Waals surface area contributed by atoms with Crippen LogP contribution in [0.5, 0.6) is 0 Å². The van der Waals surface area contributed by atoms with Gasteiger partial charge in [-0.3, -0.25) is 18.9 Å². The first kappa shape index (κ1) is 19.7. The van der Waals surface area contributed by atoms with Crippen molar-refractivity contribution in [2.75, 3.05) is 5.43 Å². The second-order valence-corrected chi connectivity index (χ2v) is 7.30. The normalized spacial score (nSPS) is 11.4. The molecule has 0 radical (unpaired) electrons. The molecule has 0 bridgehead atoms. The molecule has 9 heteroatoms. The Hall–Kier alpha value is -3.65. The lowest BCUT2D eigenvalue weighted by molar-refractivity contribution is 0.808. The quantitative estimate of drug-likeness (QED) is 0.381. The number of imidazole rings is 1. The van der Waals surface area contributed by atoms with Crippen molar-refractivity contribution in [1.29, 1.82) is 0 Å². The van der Waals surface area contributed by atoms with Crippen molar-refractivity contribution in [2.24, 2.45) is 12.1 Å². The molecule has 0 spiro atoms. The zero-order valence-corrected chi connectivity index (χ0v) is 17.1. The lowest BCUT2D eigenvalue weighted by atomic mass is 10.1. The van der Waals surface area contributed by atoms with Crippen LogP contribution in [0.25, 0.3) is 11.2 Å². The van der Waals surface area contributed by atoms with Crippen molar-refractivity contribution in [3.05, 3.63) is 91.1 Å². The van der Waals surface area contributed by atoms with Gasteiger partial charge in [-0.1, -0.05) is 59.6 Å². The summed E-state index contributed by atoms with van der Waals surface area (Å²) in [5.74, 6) is 0.334. The van der Waals surface area contributed by atoms with Crippen LogP contribution < -0.4 is 16.7 Å². The summed E-state index contributed by atoms with van der Waals surface area (Å²) in [6.45, 7) is 2.38. The molecular formula is C21H19ClN6O2. The van der Waals surface area contributed by atoms with Crippen LogP contribution in [0.4, 0.5) is 5.95 Å². The summed E-state index contributed by atoms with van der Waals surface area (Å²) in [6.07, 6.45) is 1.57. The van der Waals surface area contributed by atoms with E-state index in [1.807, 2.05) is 49.4 Å². The molecule has 0 amide bonds. The predicted molar refractivity (Wildman–Crippen MR) is 119 cm³/mol. The molecule has 30 heavy (non-hydrogen) atoms. The van der Waals surface area contributed by atoms with Crippen molar-refractivity contribution in [3.63, 3.8) is 0 Å². The third-order valence-corrected chi connectivity index (χ3v) is 5.09. The number of hydrogen-bond acceptors (Lipinski definition) is 5. The lowest BCUT2D eigenvalue weighted by Gasteiger charge is -2.08. The maximum Gasteiger partial charge on any atom is 0.329 e. The summed E-state index contributed by atoms with van der Waals surface area (Å²) in [5.41, 5.74) is 5.25. The molecule has 0 atom stereocenters. The Morgan fingerprint density at radius 3 is 2.63 bits per heavy atom. The van der Waals surface area contributed by atoms with Gasteiger partial charge in [-0.15, -0.1) is 0 Å². The highest BCUT2D eigenvalue weighted by molar-refractivity contribution is 6.33. The highest BCUT2D eigenvalue weighted by Gasteiger charge is 2.17. The fourth-order valence-electron chi connectivity index (χ4n) is 3.09. The van der Waals surface area contributed by atoms with Crippen LogP contribution in [0.3, 0.4) is 0 Å². The first-order valence-electron chi connectivity index (χ1n) is 9.23. The largest absolute Gasteiger partial charge is 0.329 e. The number of aromatic nitrogens is 4. The number of fused-ring (bicyclic) bond motifs is 1. The second-order valence-electron chi connectivity index (χ2n) is 6.89. The average molecular weight is 423 g/mol. The molecule has 4 aromatic rings. The van der Waals surface area contributed by atoms with Crippen molar-refractivity contribution in [1.82, 2.24) is 19.1 Å². The van der Waals surface area contributed by atoms with E-state index in [1.165, 1.54) is 4.57 Å². The minimum Gasteiger partial charge on any atom is -0.298 e. The minimum atomic E-state index is -0.529. The third-order valence-electron chi connectivity index (χ3n) is 4.74. The topological polar surface area (TPSA) is 97.1 Å². The number of nitrogens with zero attached hydrogens (tertiary/aromatic N) is 4. The first-order chi connectivity index (χ1) is 14.4. The Labute approximate surface area is 176 Å². The fraction of sp³-hybridized carbons (Fsp3) is 0.143. The van der Waals surface area contributed by atoms with Crippen LogP contribution in [0.2, 0.25) is 5.02 Å². The van der Waals surface area contributed by atoms with E-state index in [1.54, 1.807) is 23.9 Å². The van der Waals surface area contributed by atoms with E-state index in [-0.39, 0.29) is 11.2 Å². The molecule has 4 rings (SSSR count). The summed E-state index contributed by atoms with van der Waals surface area (Å²) >= 11 is 6.16. The molecule has 0 aliphatic rings. The van der Waals surface area contributed by atoms with Gasteiger partial charge in [0.1, 0.15) is 0 Å². The smallest absolute Gasteiger partial charge is 0.298 e. The van der Waals surface area contributed by atoms with E-state index in [2.05, 4.69) is 20.5 Å². The molecule has 0 fully saturated rings. The van der Waals surface area contributed by atoms with Gasteiger partial charge < -0.3 is 0 Å². The number of hydrogen-bond donors (Lipinski definition) is 2. The zero-order valence-electron chi connectivity index (χ0n) is 16.4. The van der Waals surface area contributed by atoms with Crippen LogP contribution in [-0.4, -0.2) is 25.3 Å². The average Bonchev–Trinajstić information content (AvgIpc) is 3.08. The number of rotatable bonds is 5. The molecule has 152 valence electrons. The molecule has 0 saturated carbocycles. The molecule has 0 aliphatic heterocycles. The van der Waals surface area contributed by atoms with Crippen molar-refractivity contribution in [2.45, 2.75) is 13.5 Å². The highest BCUT2D eigenvalue weighted by atomic mass is 35.5. The summed E-state index contributed by atoms with van der Waals surface area (Å²) in [5, 5.41) is 4.79. The van der Waals surface area contributed by atoms with Gasteiger partial charge in [-0.05, 0) is 18.6 Å². The van der Waals surface area contributed by atoms with Crippen LogP contribution in [0, 0.1) is 6.92 Å². The number of anilines is 1. The predicted octanol–water partition coefficient (Wildman–Crippen LogP) is 2.88. The number of halogens is 1. The summed E-state index contributed by atoms with van der Waals surface area (Å²) < 4.78 is 2.99. The van der Waals surface area contributed by atoms with Crippen LogP contribution >= 0.6 is 11.6 Å². The van der Waals surface area contributed by atoms with Gasteiger partial charge in [0, 0.05) is 17.6 Å². The number of aromatic amines is 1. The molecular weight excluding hydrogens is 404 g/mol. The number of hydrazone groups is 1. The van der Waals surface area contributed by atoms with Gasteiger partial charge in [0.25, 0.3) is 5.56 Å². The standard InChI is InChI=1S/C21H19ClN6O2/c1-13-7-9-14(10-8-13)12-28-17-18(27(2)21(30)25-19(17)29)24-20(28)26-23-11-15-5-3-4-6-16(15)22/h3-11H,12H2,1-2H3,(H,24,26)(H,25,29,30)/b23-11-.